The van der Waals surface area contributed by atoms with Crippen LogP contribution in [0.4, 0.5) is 0 Å². The maximum Gasteiger partial charge on any atom is 0.266 e. The molecule has 0 aliphatic rings. The number of hydrogen-bond donors (Lipinski definition) is 0. The highest BCUT2D eigenvalue weighted by molar-refractivity contribution is 9.11. The number of thiophene rings is 1. The molecule has 2 heterocycles. The summed E-state index contributed by atoms with van der Waals surface area (Å²) in [6, 6.07) is 19.1. The van der Waals surface area contributed by atoms with Crippen LogP contribution in [0.1, 0.15) is 11.4 Å². The molecule has 0 spiro atoms. The monoisotopic (exact) mass is 408 g/mol. The maximum absolute atomic E-state index is 13.0. The third-order valence-electron chi connectivity index (χ3n) is 3.83. The van der Waals surface area contributed by atoms with Crippen LogP contribution >= 0.6 is 27.3 Å². The molecule has 0 radical (unpaired) electrons. The second-order valence-corrected chi connectivity index (χ2v) is 7.77. The number of aromatic nitrogens is 2. The number of halogens is 1. The van der Waals surface area contributed by atoms with Crippen LogP contribution in [0.15, 0.2) is 74.6 Å². The van der Waals surface area contributed by atoms with E-state index in [2.05, 4.69) is 15.9 Å². The molecule has 0 saturated carbocycles. The van der Waals surface area contributed by atoms with Gasteiger partial charge in [-0.25, -0.2) is 4.98 Å². The second kappa shape index (κ2) is 6.78. The van der Waals surface area contributed by atoms with Crippen LogP contribution in [-0.2, 0) is 0 Å². The van der Waals surface area contributed by atoms with Crippen molar-refractivity contribution in [3.05, 3.63) is 91.6 Å². The average molecular weight is 409 g/mol. The zero-order valence-electron chi connectivity index (χ0n) is 13.1. The molecular formula is C20H13BrN2OS. The van der Waals surface area contributed by atoms with Crippen LogP contribution < -0.4 is 5.56 Å². The van der Waals surface area contributed by atoms with E-state index in [1.165, 1.54) is 0 Å². The molecule has 0 amide bonds. The summed E-state index contributed by atoms with van der Waals surface area (Å²) < 4.78 is 2.72. The SMILES string of the molecule is O=c1c2ccccc2nc(/C=C/c2csc(Br)c2)n1-c1ccccc1. The van der Waals surface area contributed by atoms with Gasteiger partial charge in [-0.3, -0.25) is 9.36 Å². The van der Waals surface area contributed by atoms with Gasteiger partial charge in [-0.2, -0.15) is 0 Å². The van der Waals surface area contributed by atoms with Crippen molar-refractivity contribution >= 4 is 50.3 Å². The lowest BCUT2D eigenvalue weighted by Crippen LogP contribution is -2.22. The van der Waals surface area contributed by atoms with Crippen LogP contribution in [0, 0.1) is 0 Å². The van der Waals surface area contributed by atoms with Crippen LogP contribution in [0.3, 0.4) is 0 Å². The summed E-state index contributed by atoms with van der Waals surface area (Å²) in [5.41, 5.74) is 2.50. The topological polar surface area (TPSA) is 34.9 Å². The Morgan fingerprint density at radius 2 is 1.76 bits per heavy atom. The van der Waals surface area contributed by atoms with Gasteiger partial charge in [-0.1, -0.05) is 36.4 Å². The fourth-order valence-electron chi connectivity index (χ4n) is 2.67. The molecule has 122 valence electrons. The number of benzene rings is 2. The van der Waals surface area contributed by atoms with E-state index in [4.69, 9.17) is 4.98 Å². The van der Waals surface area contributed by atoms with E-state index in [9.17, 15) is 4.79 Å². The Labute approximate surface area is 157 Å². The number of hydrogen-bond acceptors (Lipinski definition) is 3. The minimum atomic E-state index is -0.0667. The third kappa shape index (κ3) is 3.21. The summed E-state index contributed by atoms with van der Waals surface area (Å²) in [5.74, 6) is 0.609. The van der Waals surface area contributed by atoms with Crippen molar-refractivity contribution in [3.63, 3.8) is 0 Å². The Bertz CT molecular complexity index is 1130. The highest BCUT2D eigenvalue weighted by atomic mass is 79.9. The molecule has 4 aromatic rings. The van der Waals surface area contributed by atoms with E-state index in [0.29, 0.717) is 16.7 Å². The Morgan fingerprint density at radius 1 is 1.00 bits per heavy atom. The molecule has 5 heteroatoms. The number of para-hydroxylation sites is 2. The predicted molar refractivity (Wildman–Crippen MR) is 108 cm³/mol. The molecule has 0 bridgehead atoms. The summed E-state index contributed by atoms with van der Waals surface area (Å²) in [4.78, 5) is 17.8. The molecule has 0 saturated heterocycles. The molecular weight excluding hydrogens is 396 g/mol. The van der Waals surface area contributed by atoms with Crippen LogP contribution in [-0.4, -0.2) is 9.55 Å². The normalized spacial score (nSPS) is 11.4. The summed E-state index contributed by atoms with van der Waals surface area (Å²) >= 11 is 5.09. The number of fused-ring (bicyclic) bond motifs is 1. The summed E-state index contributed by atoms with van der Waals surface area (Å²) in [6.45, 7) is 0. The van der Waals surface area contributed by atoms with Gasteiger partial charge >= 0.3 is 0 Å². The van der Waals surface area contributed by atoms with Crippen molar-refractivity contribution in [1.29, 1.82) is 0 Å². The van der Waals surface area contributed by atoms with Gasteiger partial charge in [0.25, 0.3) is 5.56 Å². The molecule has 25 heavy (non-hydrogen) atoms. The minimum absolute atomic E-state index is 0.0667. The van der Waals surface area contributed by atoms with E-state index < -0.39 is 0 Å². The van der Waals surface area contributed by atoms with Gasteiger partial charge in [-0.15, -0.1) is 11.3 Å². The Balaban J connectivity index is 1.95. The summed E-state index contributed by atoms with van der Waals surface area (Å²) in [7, 11) is 0. The van der Waals surface area contributed by atoms with Crippen LogP contribution in [0.5, 0.6) is 0 Å². The summed E-state index contributed by atoms with van der Waals surface area (Å²) in [5, 5.41) is 2.66. The lowest BCUT2D eigenvalue weighted by Gasteiger charge is -2.11. The van der Waals surface area contributed by atoms with Gasteiger partial charge in [-0.05, 0) is 63.3 Å². The van der Waals surface area contributed by atoms with Crippen molar-refractivity contribution < 1.29 is 0 Å². The van der Waals surface area contributed by atoms with Crippen LogP contribution in [0.25, 0.3) is 28.7 Å². The quantitative estimate of drug-likeness (QED) is 0.455. The van der Waals surface area contributed by atoms with Gasteiger partial charge in [0.1, 0.15) is 5.82 Å². The van der Waals surface area contributed by atoms with E-state index in [0.717, 1.165) is 15.0 Å². The van der Waals surface area contributed by atoms with Crippen molar-refractivity contribution in [2.45, 2.75) is 0 Å². The first-order valence-electron chi connectivity index (χ1n) is 7.72. The van der Waals surface area contributed by atoms with Crippen molar-refractivity contribution in [3.8, 4) is 5.69 Å². The molecule has 0 aliphatic heterocycles. The van der Waals surface area contributed by atoms with Gasteiger partial charge in [0.15, 0.2) is 0 Å². The Kier molecular flexibility index (Phi) is 4.34. The zero-order valence-corrected chi connectivity index (χ0v) is 15.5. The lowest BCUT2D eigenvalue weighted by molar-refractivity contribution is 0.944. The molecule has 0 N–H and O–H groups in total. The fourth-order valence-corrected chi connectivity index (χ4v) is 3.81. The maximum atomic E-state index is 13.0. The van der Waals surface area contributed by atoms with Gasteiger partial charge < -0.3 is 0 Å². The zero-order chi connectivity index (χ0) is 17.2. The summed E-state index contributed by atoms with van der Waals surface area (Å²) in [6.07, 6.45) is 3.85. The first kappa shape index (κ1) is 16.0. The van der Waals surface area contributed by atoms with E-state index in [1.54, 1.807) is 15.9 Å². The van der Waals surface area contributed by atoms with Gasteiger partial charge in [0.2, 0.25) is 0 Å². The highest BCUT2D eigenvalue weighted by Crippen LogP contribution is 2.22. The molecule has 4 rings (SSSR count). The highest BCUT2D eigenvalue weighted by Gasteiger charge is 2.10. The molecule has 2 aromatic heterocycles. The second-order valence-electron chi connectivity index (χ2n) is 5.48. The van der Waals surface area contributed by atoms with E-state index in [1.807, 2.05) is 78.2 Å². The fraction of sp³-hybridized carbons (Fsp3) is 0. The Hall–Kier alpha value is -2.50. The minimum Gasteiger partial charge on any atom is -0.268 e. The Morgan fingerprint density at radius 3 is 2.52 bits per heavy atom. The first-order chi connectivity index (χ1) is 12.2. The molecule has 3 nitrogen and oxygen atoms in total. The predicted octanol–water partition coefficient (Wildman–Crippen LogP) is 5.38. The smallest absolute Gasteiger partial charge is 0.266 e. The largest absolute Gasteiger partial charge is 0.268 e. The molecule has 0 aliphatic carbocycles. The van der Waals surface area contributed by atoms with E-state index in [-0.39, 0.29) is 5.56 Å². The van der Waals surface area contributed by atoms with Gasteiger partial charge in [0, 0.05) is 0 Å². The average Bonchev–Trinajstić information content (AvgIpc) is 3.06. The van der Waals surface area contributed by atoms with Crippen molar-refractivity contribution in [1.82, 2.24) is 9.55 Å². The molecule has 0 fully saturated rings. The lowest BCUT2D eigenvalue weighted by atomic mass is 10.2. The standard InChI is InChI=1S/C20H13BrN2OS/c21-18-12-14(13-25-18)10-11-19-22-17-9-5-4-8-16(17)20(24)23(19)15-6-2-1-3-7-15/h1-13H/b11-10+. The third-order valence-corrected chi connectivity index (χ3v) is 5.35. The molecule has 0 unspecified atom stereocenters. The molecule has 0 atom stereocenters. The molecule has 2 aromatic carbocycles. The van der Waals surface area contributed by atoms with Crippen LogP contribution in [0.2, 0.25) is 0 Å². The number of nitrogens with zero attached hydrogens (tertiary/aromatic N) is 2. The van der Waals surface area contributed by atoms with Crippen molar-refractivity contribution in [2.24, 2.45) is 0 Å². The first-order valence-corrected chi connectivity index (χ1v) is 9.39. The van der Waals surface area contributed by atoms with Gasteiger partial charge in [0.05, 0.1) is 20.4 Å². The van der Waals surface area contributed by atoms with E-state index >= 15 is 0 Å². The number of rotatable bonds is 3. The van der Waals surface area contributed by atoms with Crippen molar-refractivity contribution in [2.75, 3.05) is 0 Å².